The summed E-state index contributed by atoms with van der Waals surface area (Å²) < 4.78 is 6.04. The molecule has 2 unspecified atom stereocenters. The molecule has 5 fully saturated rings. The van der Waals surface area contributed by atoms with Crippen LogP contribution in [0.25, 0.3) is 0 Å². The second-order valence-corrected chi connectivity index (χ2v) is 10.2. The Balaban J connectivity index is 1.24. The van der Waals surface area contributed by atoms with Crippen LogP contribution in [-0.2, 0) is 0 Å². The smallest absolute Gasteiger partial charge is 0.253 e. The molecule has 29 heavy (non-hydrogen) atoms. The van der Waals surface area contributed by atoms with E-state index < -0.39 is 5.60 Å². The number of carbonyl (C=O) groups is 1. The first-order chi connectivity index (χ1) is 13.9. The molecule has 5 heteroatoms. The zero-order valence-electron chi connectivity index (χ0n) is 17.3. The molecule has 0 aromatic heterocycles. The van der Waals surface area contributed by atoms with Gasteiger partial charge in [-0.1, -0.05) is 0 Å². The van der Waals surface area contributed by atoms with E-state index in [1.165, 1.54) is 0 Å². The van der Waals surface area contributed by atoms with E-state index in [1.807, 2.05) is 36.2 Å². The first-order valence-electron chi connectivity index (χ1n) is 11.3. The van der Waals surface area contributed by atoms with Crippen molar-refractivity contribution in [3.8, 4) is 5.75 Å². The molecule has 0 spiro atoms. The van der Waals surface area contributed by atoms with Crippen LogP contribution in [0.1, 0.15) is 68.1 Å². The number of amides is 1. The van der Waals surface area contributed by atoms with Gasteiger partial charge in [-0.3, -0.25) is 4.79 Å². The SMILES string of the molecule is CN(C(=O)c1ccc(O[C@H]2CC[C@@H](O)CC2)cc1)C1C2CC3CC1CC(O)(C3)C2. The first kappa shape index (κ1) is 19.4. The van der Waals surface area contributed by atoms with Crippen molar-refractivity contribution < 1.29 is 19.7 Å². The van der Waals surface area contributed by atoms with Crippen LogP contribution in [0.2, 0.25) is 0 Å². The van der Waals surface area contributed by atoms with Crippen LogP contribution in [-0.4, -0.2) is 51.9 Å². The van der Waals surface area contributed by atoms with Gasteiger partial charge in [-0.25, -0.2) is 0 Å². The number of carbonyl (C=O) groups excluding carboxylic acids is 1. The molecule has 2 N–H and O–H groups in total. The normalized spacial score (nSPS) is 40.7. The van der Waals surface area contributed by atoms with Crippen LogP contribution in [0.3, 0.4) is 0 Å². The minimum atomic E-state index is -0.467. The summed E-state index contributed by atoms with van der Waals surface area (Å²) in [4.78, 5) is 15.1. The van der Waals surface area contributed by atoms with Crippen LogP contribution in [0.4, 0.5) is 0 Å². The number of aliphatic hydroxyl groups excluding tert-OH is 1. The summed E-state index contributed by atoms with van der Waals surface area (Å²) >= 11 is 0. The van der Waals surface area contributed by atoms with Gasteiger partial charge < -0.3 is 19.8 Å². The summed E-state index contributed by atoms with van der Waals surface area (Å²) in [6.45, 7) is 0. The van der Waals surface area contributed by atoms with E-state index in [1.54, 1.807) is 0 Å². The van der Waals surface area contributed by atoms with Crippen molar-refractivity contribution in [2.24, 2.45) is 17.8 Å². The first-order valence-corrected chi connectivity index (χ1v) is 11.3. The van der Waals surface area contributed by atoms with E-state index in [9.17, 15) is 15.0 Å². The molecule has 2 atom stereocenters. The highest BCUT2D eigenvalue weighted by Crippen LogP contribution is 2.56. The van der Waals surface area contributed by atoms with Crippen molar-refractivity contribution in [3.63, 3.8) is 0 Å². The minimum Gasteiger partial charge on any atom is -0.490 e. The van der Waals surface area contributed by atoms with Crippen molar-refractivity contribution in [2.45, 2.75) is 81.6 Å². The zero-order chi connectivity index (χ0) is 20.2. The highest BCUT2D eigenvalue weighted by Gasteiger charge is 2.56. The lowest BCUT2D eigenvalue weighted by molar-refractivity contribution is -0.152. The van der Waals surface area contributed by atoms with Gasteiger partial charge in [0.2, 0.25) is 0 Å². The standard InChI is InChI=1S/C24H33NO4/c1-25(22-17-10-15-11-18(22)14-24(28,12-15)13-17)23(27)16-2-6-20(7-3-16)29-21-8-4-19(26)5-9-21/h2-3,6-7,15,17-19,21-22,26,28H,4-5,8-14H2,1H3/t15?,17?,18?,19-,21+,22?,24?. The van der Waals surface area contributed by atoms with Crippen molar-refractivity contribution in [1.29, 1.82) is 0 Å². The number of hydrogen-bond acceptors (Lipinski definition) is 4. The Morgan fingerprint density at radius 3 is 2.24 bits per heavy atom. The third kappa shape index (κ3) is 3.68. The maximum atomic E-state index is 13.2. The molecule has 1 amide bonds. The van der Waals surface area contributed by atoms with E-state index >= 15 is 0 Å². The van der Waals surface area contributed by atoms with Crippen LogP contribution in [0.5, 0.6) is 5.75 Å². The fourth-order valence-electron chi connectivity index (χ4n) is 6.96. The Hall–Kier alpha value is -1.59. The van der Waals surface area contributed by atoms with Gasteiger partial charge in [-0.2, -0.15) is 0 Å². The van der Waals surface area contributed by atoms with Gasteiger partial charge in [0.15, 0.2) is 0 Å². The average Bonchev–Trinajstić information content (AvgIpc) is 2.68. The molecular formula is C24H33NO4. The molecule has 6 rings (SSSR count). The van der Waals surface area contributed by atoms with Gasteiger partial charge in [0.1, 0.15) is 5.75 Å². The van der Waals surface area contributed by atoms with Crippen molar-refractivity contribution >= 4 is 5.91 Å². The van der Waals surface area contributed by atoms with Crippen LogP contribution >= 0.6 is 0 Å². The Morgan fingerprint density at radius 1 is 1.03 bits per heavy atom. The number of ether oxygens (including phenoxy) is 1. The Labute approximate surface area is 173 Å². The predicted octanol–water partition coefficient (Wildman–Crippen LogP) is 3.38. The fraction of sp³-hybridized carbons (Fsp3) is 0.708. The molecule has 5 saturated carbocycles. The van der Waals surface area contributed by atoms with Gasteiger partial charge in [-0.05, 0) is 99.8 Å². The van der Waals surface area contributed by atoms with Gasteiger partial charge in [0, 0.05) is 18.7 Å². The molecular weight excluding hydrogens is 366 g/mol. The second kappa shape index (κ2) is 7.28. The summed E-state index contributed by atoms with van der Waals surface area (Å²) in [6, 6.07) is 7.78. The summed E-state index contributed by atoms with van der Waals surface area (Å²) in [6.07, 6.45) is 8.30. The quantitative estimate of drug-likeness (QED) is 0.814. The largest absolute Gasteiger partial charge is 0.490 e. The maximum absolute atomic E-state index is 13.2. The molecule has 4 bridgehead atoms. The number of aliphatic hydroxyl groups is 2. The van der Waals surface area contributed by atoms with E-state index in [2.05, 4.69) is 0 Å². The number of hydrogen-bond donors (Lipinski definition) is 2. The molecule has 158 valence electrons. The molecule has 0 aliphatic heterocycles. The predicted molar refractivity (Wildman–Crippen MR) is 110 cm³/mol. The third-order valence-electron chi connectivity index (χ3n) is 8.01. The lowest BCUT2D eigenvalue weighted by atomic mass is 9.52. The second-order valence-electron chi connectivity index (χ2n) is 10.2. The van der Waals surface area contributed by atoms with Crippen LogP contribution < -0.4 is 4.74 Å². The molecule has 5 aliphatic rings. The Bertz CT molecular complexity index is 739. The number of benzene rings is 1. The fourth-order valence-corrected chi connectivity index (χ4v) is 6.96. The molecule has 0 heterocycles. The molecule has 1 aromatic carbocycles. The topological polar surface area (TPSA) is 70.0 Å². The molecule has 1 aromatic rings. The van der Waals surface area contributed by atoms with Gasteiger partial charge >= 0.3 is 0 Å². The highest BCUT2D eigenvalue weighted by molar-refractivity contribution is 5.94. The lowest BCUT2D eigenvalue weighted by Crippen LogP contribution is -2.61. The molecule has 0 saturated heterocycles. The van der Waals surface area contributed by atoms with Gasteiger partial charge in [-0.15, -0.1) is 0 Å². The molecule has 5 nitrogen and oxygen atoms in total. The van der Waals surface area contributed by atoms with Crippen molar-refractivity contribution in [3.05, 3.63) is 29.8 Å². The minimum absolute atomic E-state index is 0.0711. The Morgan fingerprint density at radius 2 is 1.66 bits per heavy atom. The summed E-state index contributed by atoms with van der Waals surface area (Å²) in [5, 5.41) is 20.4. The number of nitrogens with zero attached hydrogens (tertiary/aromatic N) is 1. The summed E-state index contributed by atoms with van der Waals surface area (Å²) in [5.41, 5.74) is 0.233. The van der Waals surface area contributed by atoms with Crippen LogP contribution in [0.15, 0.2) is 24.3 Å². The molecule has 0 radical (unpaired) electrons. The molecule has 5 aliphatic carbocycles. The highest BCUT2D eigenvalue weighted by atomic mass is 16.5. The van der Waals surface area contributed by atoms with Gasteiger partial charge in [0.25, 0.3) is 5.91 Å². The lowest BCUT2D eigenvalue weighted by Gasteiger charge is -2.59. The van der Waals surface area contributed by atoms with E-state index in [0.29, 0.717) is 23.3 Å². The number of rotatable bonds is 4. The van der Waals surface area contributed by atoms with Crippen molar-refractivity contribution in [1.82, 2.24) is 4.90 Å². The maximum Gasteiger partial charge on any atom is 0.253 e. The summed E-state index contributed by atoms with van der Waals surface area (Å²) in [7, 11) is 1.94. The summed E-state index contributed by atoms with van der Waals surface area (Å²) in [5.74, 6) is 2.38. The average molecular weight is 400 g/mol. The monoisotopic (exact) mass is 399 g/mol. The zero-order valence-corrected chi connectivity index (χ0v) is 17.3. The Kier molecular flexibility index (Phi) is 4.86. The van der Waals surface area contributed by atoms with E-state index in [0.717, 1.165) is 63.5 Å². The van der Waals surface area contributed by atoms with Crippen LogP contribution in [0, 0.1) is 17.8 Å². The van der Waals surface area contributed by atoms with E-state index in [4.69, 9.17) is 4.74 Å². The van der Waals surface area contributed by atoms with Gasteiger partial charge in [0.05, 0.1) is 17.8 Å². The third-order valence-corrected chi connectivity index (χ3v) is 8.01. The van der Waals surface area contributed by atoms with Crippen molar-refractivity contribution in [2.75, 3.05) is 7.05 Å². The van der Waals surface area contributed by atoms with E-state index in [-0.39, 0.29) is 24.2 Å².